The van der Waals surface area contributed by atoms with Crippen LogP contribution in [0.4, 0.5) is 13.6 Å². The van der Waals surface area contributed by atoms with Crippen LogP contribution in [0.15, 0.2) is 0 Å². The van der Waals surface area contributed by atoms with Gasteiger partial charge in [0.05, 0.1) is 5.60 Å². The standard InChI is InChI=1S/C28H42F2O6Si/c1-25(29,30)23(31)34-22-20-6-17-7-21(22)14-27(10-17,13-20)35-24(32)33-16-26-8-18-5-19(9-26)12-28(11-18,15-26)36-37(2,3)4/h17-22H,5-16H2,1-4H3. The van der Waals surface area contributed by atoms with Gasteiger partial charge in [-0.2, -0.15) is 8.78 Å². The van der Waals surface area contributed by atoms with E-state index in [1.807, 2.05) is 0 Å². The van der Waals surface area contributed by atoms with Crippen molar-refractivity contribution in [3.63, 3.8) is 0 Å². The Morgan fingerprint density at radius 1 is 0.865 bits per heavy atom. The van der Waals surface area contributed by atoms with Gasteiger partial charge >= 0.3 is 18.0 Å². The largest absolute Gasteiger partial charge is 0.508 e. The predicted octanol–water partition coefficient (Wildman–Crippen LogP) is 6.48. The highest BCUT2D eigenvalue weighted by Crippen LogP contribution is 2.63. The molecule has 0 aromatic carbocycles. The molecule has 6 nitrogen and oxygen atoms in total. The van der Waals surface area contributed by atoms with Crippen LogP contribution < -0.4 is 0 Å². The Balaban J connectivity index is 1.08. The lowest BCUT2D eigenvalue weighted by molar-refractivity contribution is -0.217. The van der Waals surface area contributed by atoms with Crippen molar-refractivity contribution in [3.8, 4) is 0 Å². The van der Waals surface area contributed by atoms with Gasteiger partial charge in [-0.3, -0.25) is 0 Å². The highest BCUT2D eigenvalue weighted by molar-refractivity contribution is 6.69. The lowest BCUT2D eigenvalue weighted by Crippen LogP contribution is -2.61. The Bertz CT molecular complexity index is 927. The van der Waals surface area contributed by atoms with Gasteiger partial charge in [0.1, 0.15) is 18.3 Å². The van der Waals surface area contributed by atoms with Crippen LogP contribution in [0.1, 0.15) is 77.6 Å². The van der Waals surface area contributed by atoms with E-state index in [1.165, 1.54) is 6.42 Å². The summed E-state index contributed by atoms with van der Waals surface area (Å²) in [6.07, 6.45) is 9.13. The van der Waals surface area contributed by atoms with Crippen LogP contribution in [0.2, 0.25) is 19.6 Å². The molecule has 8 saturated carbocycles. The summed E-state index contributed by atoms with van der Waals surface area (Å²) in [5.41, 5.74) is -0.701. The van der Waals surface area contributed by atoms with Gasteiger partial charge in [-0.1, -0.05) is 0 Å². The van der Waals surface area contributed by atoms with E-state index >= 15 is 0 Å². The number of halogens is 2. The van der Waals surface area contributed by atoms with E-state index < -0.39 is 38.1 Å². The average molecular weight is 541 g/mol. The second-order valence-corrected chi connectivity index (χ2v) is 19.3. The number of carbonyl (C=O) groups is 2. The summed E-state index contributed by atoms with van der Waals surface area (Å²) >= 11 is 0. The van der Waals surface area contributed by atoms with Gasteiger partial charge in [-0.05, 0) is 108 Å². The summed E-state index contributed by atoms with van der Waals surface area (Å²) in [4.78, 5) is 24.9. The minimum Gasteiger partial charge on any atom is -0.457 e. The molecule has 4 unspecified atom stereocenters. The average Bonchev–Trinajstić information content (AvgIpc) is 2.70. The third-order valence-electron chi connectivity index (χ3n) is 10.2. The molecule has 37 heavy (non-hydrogen) atoms. The number of hydrogen-bond donors (Lipinski definition) is 0. The number of hydrogen-bond acceptors (Lipinski definition) is 6. The number of alkyl halides is 2. The highest BCUT2D eigenvalue weighted by Gasteiger charge is 2.61. The summed E-state index contributed by atoms with van der Waals surface area (Å²) in [7, 11) is -1.70. The topological polar surface area (TPSA) is 71.1 Å². The minimum atomic E-state index is -3.50. The molecule has 0 N–H and O–H groups in total. The summed E-state index contributed by atoms with van der Waals surface area (Å²) < 4.78 is 51.0. The van der Waals surface area contributed by atoms with Crippen molar-refractivity contribution in [1.29, 1.82) is 0 Å². The van der Waals surface area contributed by atoms with Gasteiger partial charge in [0.25, 0.3) is 0 Å². The fraction of sp³-hybridized carbons (Fsp3) is 0.929. The molecule has 0 spiro atoms. The molecule has 8 bridgehead atoms. The SMILES string of the molecule is CC(F)(F)C(=O)OC1C2CC3CC1CC(OC(=O)OCC14CC5CC(C1)CC(O[Si](C)(C)C)(C5)C4)(C3)C2. The van der Waals surface area contributed by atoms with Gasteiger partial charge in [0, 0.05) is 24.2 Å². The van der Waals surface area contributed by atoms with Crippen LogP contribution in [0.5, 0.6) is 0 Å². The first-order valence-electron chi connectivity index (χ1n) is 14.3. The molecule has 208 valence electrons. The smallest absolute Gasteiger partial charge is 0.457 e. The third-order valence-corrected chi connectivity index (χ3v) is 11.2. The predicted molar refractivity (Wildman–Crippen MR) is 133 cm³/mol. The summed E-state index contributed by atoms with van der Waals surface area (Å²) in [6.45, 7) is 7.74. The van der Waals surface area contributed by atoms with Crippen LogP contribution in [-0.4, -0.2) is 50.3 Å². The number of carbonyl (C=O) groups excluding carboxylic acids is 2. The van der Waals surface area contributed by atoms with E-state index in [0.717, 1.165) is 51.4 Å². The summed E-state index contributed by atoms with van der Waals surface area (Å²) in [6, 6.07) is 0. The Hall–Kier alpha value is -1.22. The van der Waals surface area contributed by atoms with E-state index in [9.17, 15) is 18.4 Å². The summed E-state index contributed by atoms with van der Waals surface area (Å²) in [5.74, 6) is -3.39. The molecule has 8 aliphatic rings. The van der Waals surface area contributed by atoms with Gasteiger partial charge < -0.3 is 18.6 Å². The Kier molecular flexibility index (Phi) is 5.90. The van der Waals surface area contributed by atoms with Crippen LogP contribution >= 0.6 is 0 Å². The lowest BCUT2D eigenvalue weighted by Gasteiger charge is -2.62. The quantitative estimate of drug-likeness (QED) is 0.272. The molecule has 8 rings (SSSR count). The van der Waals surface area contributed by atoms with Crippen molar-refractivity contribution in [2.24, 2.45) is 35.0 Å². The van der Waals surface area contributed by atoms with Crippen LogP contribution in [-0.2, 0) is 23.4 Å². The zero-order chi connectivity index (χ0) is 26.4. The van der Waals surface area contributed by atoms with E-state index in [4.69, 9.17) is 18.6 Å². The van der Waals surface area contributed by atoms with Crippen molar-refractivity contribution < 1.29 is 37.0 Å². The van der Waals surface area contributed by atoms with Crippen molar-refractivity contribution in [2.75, 3.05) is 6.61 Å². The van der Waals surface area contributed by atoms with Crippen LogP contribution in [0.25, 0.3) is 0 Å². The molecular formula is C28H42F2O6Si. The monoisotopic (exact) mass is 540 g/mol. The maximum absolute atomic E-state index is 13.5. The normalized spacial score (nSPS) is 45.7. The van der Waals surface area contributed by atoms with E-state index in [2.05, 4.69) is 19.6 Å². The maximum Gasteiger partial charge on any atom is 0.508 e. The van der Waals surface area contributed by atoms with Gasteiger partial charge in [0.15, 0.2) is 8.32 Å². The van der Waals surface area contributed by atoms with E-state index in [1.54, 1.807) is 0 Å². The molecule has 0 aromatic heterocycles. The second kappa shape index (κ2) is 8.39. The van der Waals surface area contributed by atoms with Gasteiger partial charge in [0.2, 0.25) is 0 Å². The summed E-state index contributed by atoms with van der Waals surface area (Å²) in [5, 5.41) is 0. The number of esters is 1. The molecule has 9 heteroatoms. The molecule has 0 heterocycles. The third kappa shape index (κ3) is 4.96. The Morgan fingerprint density at radius 2 is 1.46 bits per heavy atom. The van der Waals surface area contributed by atoms with Crippen molar-refractivity contribution in [1.82, 2.24) is 0 Å². The molecule has 0 radical (unpaired) electrons. The second-order valence-electron chi connectivity index (χ2n) is 14.9. The molecule has 0 saturated heterocycles. The number of ether oxygens (including phenoxy) is 3. The fourth-order valence-corrected chi connectivity index (χ4v) is 11.7. The highest BCUT2D eigenvalue weighted by atomic mass is 28.4. The lowest BCUT2D eigenvalue weighted by atomic mass is 9.48. The molecule has 8 aliphatic carbocycles. The fourth-order valence-electron chi connectivity index (χ4n) is 10.2. The van der Waals surface area contributed by atoms with Gasteiger partial charge in [-0.25, -0.2) is 9.59 Å². The minimum absolute atomic E-state index is 0.0189. The first-order valence-corrected chi connectivity index (χ1v) is 17.7. The van der Waals surface area contributed by atoms with Gasteiger partial charge in [-0.15, -0.1) is 0 Å². The molecule has 0 amide bonds. The zero-order valence-electron chi connectivity index (χ0n) is 22.7. The Morgan fingerprint density at radius 3 is 2.03 bits per heavy atom. The molecule has 0 aromatic rings. The Labute approximate surface area is 219 Å². The van der Waals surface area contributed by atoms with Crippen molar-refractivity contribution in [2.45, 2.75) is 120 Å². The van der Waals surface area contributed by atoms with E-state index in [-0.39, 0.29) is 22.9 Å². The van der Waals surface area contributed by atoms with Crippen LogP contribution in [0, 0.1) is 35.0 Å². The number of rotatable bonds is 7. The molecule has 0 aliphatic heterocycles. The first kappa shape index (κ1) is 26.0. The molecular weight excluding hydrogens is 498 g/mol. The maximum atomic E-state index is 13.5. The van der Waals surface area contributed by atoms with E-state index in [0.29, 0.717) is 44.1 Å². The molecule has 8 fully saturated rings. The first-order chi connectivity index (χ1) is 17.1. The van der Waals surface area contributed by atoms with Crippen molar-refractivity contribution >= 4 is 20.4 Å². The molecule has 4 atom stereocenters. The van der Waals surface area contributed by atoms with Crippen molar-refractivity contribution in [3.05, 3.63) is 0 Å². The zero-order valence-corrected chi connectivity index (χ0v) is 23.7. The van der Waals surface area contributed by atoms with Crippen LogP contribution in [0.3, 0.4) is 0 Å².